The van der Waals surface area contributed by atoms with Crippen molar-refractivity contribution in [2.45, 2.75) is 12.2 Å². The third kappa shape index (κ3) is 8.14. The maximum Gasteiger partial charge on any atom is 0.142 e. The molecule has 0 bridgehead atoms. The third-order valence-corrected chi connectivity index (χ3v) is 9.67. The third-order valence-electron chi connectivity index (χ3n) is 8.87. The predicted molar refractivity (Wildman–Crippen MR) is 211 cm³/mol. The fourth-order valence-corrected chi connectivity index (χ4v) is 6.74. The molecule has 0 aliphatic heterocycles. The molecular weight excluding hydrogens is 784 g/mol. The van der Waals surface area contributed by atoms with Crippen LogP contribution in [0.1, 0.15) is 34.5 Å². The number of pyridine rings is 2. The van der Waals surface area contributed by atoms with Gasteiger partial charge in [-0.05, 0) is 84.9 Å². The lowest BCUT2D eigenvalue weighted by Gasteiger charge is -2.15. The van der Waals surface area contributed by atoms with E-state index in [-0.39, 0.29) is 21.2 Å². The van der Waals surface area contributed by atoms with Gasteiger partial charge in [0.2, 0.25) is 0 Å². The van der Waals surface area contributed by atoms with E-state index < -0.39 is 29.7 Å². The Morgan fingerprint density at radius 1 is 0.518 bits per heavy atom. The van der Waals surface area contributed by atoms with Crippen LogP contribution in [-0.4, -0.2) is 20.2 Å². The molecule has 0 aliphatic carbocycles. The first-order chi connectivity index (χ1) is 27.1. The molecule has 0 saturated carbocycles. The topological polar surface area (TPSA) is 92.5 Å². The molecule has 6 nitrogen and oxygen atoms in total. The maximum atomic E-state index is 14.6. The number of hydrogen-bond donors (Lipinski definition) is 2. The quantitative estimate of drug-likeness (QED) is 0.159. The zero-order valence-corrected chi connectivity index (χ0v) is 31.2. The van der Waals surface area contributed by atoms with Crippen LogP contribution in [0.3, 0.4) is 0 Å². The van der Waals surface area contributed by atoms with E-state index in [1.165, 1.54) is 61.2 Å². The standard InChI is InChI=1S/C22H14Cl2FNO2.C22H14ClF2NO2/c23-14-7-8-15(19(25)10-14)17-12-28-22(16-5-1-2-6-18(16)24)20(17)21(27)13-4-3-9-26-11-13;23-15-5-8-17(19(25)10-15)18-12-28-22(13-3-6-16(24)7-4-13)20(18)21(27)14-2-1-9-26-11-14/h2*1-12,21,27H. The summed E-state index contributed by atoms with van der Waals surface area (Å²) >= 11 is 18.1. The van der Waals surface area contributed by atoms with Gasteiger partial charge in [-0.25, -0.2) is 13.2 Å². The van der Waals surface area contributed by atoms with Gasteiger partial charge in [-0.3, -0.25) is 9.97 Å². The number of nitrogens with zero attached hydrogens (tertiary/aromatic N) is 2. The summed E-state index contributed by atoms with van der Waals surface area (Å²) in [4.78, 5) is 8.09. The SMILES string of the molecule is OC(c1cccnc1)c1c(-c2ccc(Cl)cc2F)coc1-c1ccc(F)cc1.OC(c1cccnc1)c1c(-c2ccc(Cl)cc2F)coc1-c1ccccc1Cl. The number of hydrogen-bond acceptors (Lipinski definition) is 6. The van der Waals surface area contributed by atoms with E-state index >= 15 is 0 Å². The van der Waals surface area contributed by atoms with Crippen LogP contribution in [0.15, 0.2) is 155 Å². The molecule has 4 heterocycles. The Morgan fingerprint density at radius 2 is 1.02 bits per heavy atom. The fourth-order valence-electron chi connectivity index (χ4n) is 6.20. The summed E-state index contributed by atoms with van der Waals surface area (Å²) in [6, 6.07) is 28.3. The molecule has 8 aromatic rings. The molecular formula is C44H28Cl3F3N2O4. The van der Waals surface area contributed by atoms with Crippen molar-refractivity contribution >= 4 is 34.8 Å². The van der Waals surface area contributed by atoms with Crippen LogP contribution in [0, 0.1) is 17.5 Å². The van der Waals surface area contributed by atoms with Crippen LogP contribution in [-0.2, 0) is 0 Å². The molecule has 4 aromatic carbocycles. The molecule has 280 valence electrons. The summed E-state index contributed by atoms with van der Waals surface area (Å²) in [7, 11) is 0. The molecule has 8 rings (SSSR count). The maximum absolute atomic E-state index is 14.6. The Kier molecular flexibility index (Phi) is 11.7. The normalized spacial score (nSPS) is 12.1. The predicted octanol–water partition coefficient (Wildman–Crippen LogP) is 12.6. The molecule has 12 heteroatoms. The highest BCUT2D eigenvalue weighted by Crippen LogP contribution is 2.44. The fraction of sp³-hybridized carbons (Fsp3) is 0.0455. The molecule has 0 amide bonds. The first-order valence-electron chi connectivity index (χ1n) is 16.9. The van der Waals surface area contributed by atoms with E-state index in [1.807, 2.05) is 6.07 Å². The Labute approximate surface area is 334 Å². The van der Waals surface area contributed by atoms with Gasteiger partial charge in [-0.2, -0.15) is 0 Å². The van der Waals surface area contributed by atoms with Gasteiger partial charge in [0.15, 0.2) is 0 Å². The summed E-state index contributed by atoms with van der Waals surface area (Å²) in [5, 5.41) is 23.2. The van der Waals surface area contributed by atoms with E-state index in [9.17, 15) is 23.4 Å². The van der Waals surface area contributed by atoms with E-state index in [1.54, 1.807) is 79.3 Å². The Hall–Kier alpha value is -5.68. The zero-order valence-electron chi connectivity index (χ0n) is 28.9. The lowest BCUT2D eigenvalue weighted by atomic mass is 9.93. The highest BCUT2D eigenvalue weighted by Gasteiger charge is 2.28. The van der Waals surface area contributed by atoms with Crippen molar-refractivity contribution in [3.05, 3.63) is 201 Å². The molecule has 2 N–H and O–H groups in total. The van der Waals surface area contributed by atoms with E-state index in [0.717, 1.165) is 0 Å². The van der Waals surface area contributed by atoms with Crippen molar-refractivity contribution in [3.63, 3.8) is 0 Å². The Morgan fingerprint density at radius 3 is 1.50 bits per heavy atom. The Balaban J connectivity index is 0.000000172. The van der Waals surface area contributed by atoms with Crippen molar-refractivity contribution in [1.82, 2.24) is 9.97 Å². The number of benzene rings is 4. The van der Waals surface area contributed by atoms with Crippen molar-refractivity contribution in [3.8, 4) is 44.9 Å². The summed E-state index contributed by atoms with van der Waals surface area (Å²) in [5.41, 5.74) is 4.29. The van der Waals surface area contributed by atoms with Crippen molar-refractivity contribution < 1.29 is 32.2 Å². The second-order valence-electron chi connectivity index (χ2n) is 12.4. The van der Waals surface area contributed by atoms with Gasteiger partial charge in [0.25, 0.3) is 0 Å². The lowest BCUT2D eigenvalue weighted by molar-refractivity contribution is 0.220. The zero-order chi connectivity index (χ0) is 39.3. The minimum atomic E-state index is -1.13. The van der Waals surface area contributed by atoms with Crippen LogP contribution in [0.25, 0.3) is 44.9 Å². The molecule has 2 atom stereocenters. The van der Waals surface area contributed by atoms with Crippen molar-refractivity contribution in [2.24, 2.45) is 0 Å². The molecule has 0 aliphatic rings. The highest BCUT2D eigenvalue weighted by molar-refractivity contribution is 6.33. The smallest absolute Gasteiger partial charge is 0.142 e. The van der Waals surface area contributed by atoms with Crippen LogP contribution in [0.4, 0.5) is 13.2 Å². The number of rotatable bonds is 8. The molecule has 2 unspecified atom stereocenters. The summed E-state index contributed by atoms with van der Waals surface area (Å²) < 4.78 is 54.0. The van der Waals surface area contributed by atoms with Gasteiger partial charge in [0.1, 0.15) is 41.2 Å². The second kappa shape index (κ2) is 17.0. The molecule has 0 spiro atoms. The van der Waals surface area contributed by atoms with Gasteiger partial charge in [-0.1, -0.05) is 59.1 Å². The summed E-state index contributed by atoms with van der Waals surface area (Å²) in [5.74, 6) is -0.766. The number of halogens is 6. The monoisotopic (exact) mass is 810 g/mol. The van der Waals surface area contributed by atoms with E-state index in [2.05, 4.69) is 9.97 Å². The van der Waals surface area contributed by atoms with Crippen LogP contribution in [0.5, 0.6) is 0 Å². The van der Waals surface area contributed by atoms with Crippen LogP contribution >= 0.6 is 34.8 Å². The highest BCUT2D eigenvalue weighted by atomic mass is 35.5. The van der Waals surface area contributed by atoms with Crippen LogP contribution in [0.2, 0.25) is 15.1 Å². The number of aliphatic hydroxyl groups excluding tert-OH is 2. The minimum Gasteiger partial charge on any atom is -0.463 e. The second-order valence-corrected chi connectivity index (χ2v) is 13.7. The summed E-state index contributed by atoms with van der Waals surface area (Å²) in [6.07, 6.45) is 6.85. The van der Waals surface area contributed by atoms with Gasteiger partial charge < -0.3 is 19.0 Å². The van der Waals surface area contributed by atoms with Gasteiger partial charge >= 0.3 is 0 Å². The molecule has 0 saturated heterocycles. The van der Waals surface area contributed by atoms with E-state index in [0.29, 0.717) is 61.1 Å². The Bertz CT molecular complexity index is 2600. The van der Waals surface area contributed by atoms with Crippen molar-refractivity contribution in [1.29, 1.82) is 0 Å². The van der Waals surface area contributed by atoms with Gasteiger partial charge in [0.05, 0.1) is 17.5 Å². The van der Waals surface area contributed by atoms with E-state index in [4.69, 9.17) is 43.6 Å². The molecule has 4 aromatic heterocycles. The number of furan rings is 2. The summed E-state index contributed by atoms with van der Waals surface area (Å²) in [6.45, 7) is 0. The van der Waals surface area contributed by atoms with Gasteiger partial charge in [-0.15, -0.1) is 0 Å². The number of aliphatic hydroxyl groups is 2. The first kappa shape index (κ1) is 38.6. The number of aromatic nitrogens is 2. The lowest BCUT2D eigenvalue weighted by Crippen LogP contribution is -2.03. The molecule has 56 heavy (non-hydrogen) atoms. The molecule has 0 fully saturated rings. The largest absolute Gasteiger partial charge is 0.463 e. The van der Waals surface area contributed by atoms with Crippen LogP contribution < -0.4 is 0 Å². The van der Waals surface area contributed by atoms with Gasteiger partial charge in [0, 0.05) is 90.5 Å². The average molecular weight is 812 g/mol. The molecule has 0 radical (unpaired) electrons. The first-order valence-corrected chi connectivity index (χ1v) is 18.0. The average Bonchev–Trinajstić information content (AvgIpc) is 3.84. The minimum absolute atomic E-state index is 0.236. The van der Waals surface area contributed by atoms with Crippen molar-refractivity contribution in [2.75, 3.05) is 0 Å².